The van der Waals surface area contributed by atoms with Crippen LogP contribution in [-0.2, 0) is 13.0 Å². The second kappa shape index (κ2) is 7.79. The Hall–Kier alpha value is -0.870. The van der Waals surface area contributed by atoms with E-state index in [9.17, 15) is 5.11 Å². The number of halogens is 2. The molecule has 0 spiro atoms. The molecule has 0 fully saturated rings. The van der Waals surface area contributed by atoms with Gasteiger partial charge < -0.3 is 10.4 Å². The van der Waals surface area contributed by atoms with Crippen molar-refractivity contribution < 1.29 is 5.11 Å². The van der Waals surface area contributed by atoms with Crippen LogP contribution in [-0.4, -0.2) is 17.8 Å². The summed E-state index contributed by atoms with van der Waals surface area (Å²) in [6.45, 7) is 0.770. The maximum Gasteiger partial charge on any atom is 0.0587 e. The Balaban J connectivity index is 1.95. The molecular formula is C16H17BrClNO. The number of aliphatic hydroxyl groups excluding tert-OH is 1. The van der Waals surface area contributed by atoms with Crippen LogP contribution in [0.2, 0.25) is 5.02 Å². The SMILES string of the molecule is OC[C@@H](Cc1ccccc1)NCc1cc(Cl)ccc1Br. The van der Waals surface area contributed by atoms with Crippen LogP contribution in [0.5, 0.6) is 0 Å². The third-order valence-corrected chi connectivity index (χ3v) is 4.14. The number of aliphatic hydroxyl groups is 1. The molecule has 20 heavy (non-hydrogen) atoms. The van der Waals surface area contributed by atoms with E-state index < -0.39 is 0 Å². The fraction of sp³-hybridized carbons (Fsp3) is 0.250. The summed E-state index contributed by atoms with van der Waals surface area (Å²) in [5, 5.41) is 13.6. The van der Waals surface area contributed by atoms with Crippen molar-refractivity contribution in [2.24, 2.45) is 0 Å². The summed E-state index contributed by atoms with van der Waals surface area (Å²) < 4.78 is 1.02. The van der Waals surface area contributed by atoms with E-state index >= 15 is 0 Å². The van der Waals surface area contributed by atoms with Crippen LogP contribution >= 0.6 is 27.5 Å². The highest BCUT2D eigenvalue weighted by atomic mass is 79.9. The van der Waals surface area contributed by atoms with Crippen molar-refractivity contribution in [3.05, 3.63) is 69.2 Å². The average molecular weight is 355 g/mol. The zero-order valence-electron chi connectivity index (χ0n) is 11.0. The highest BCUT2D eigenvalue weighted by molar-refractivity contribution is 9.10. The van der Waals surface area contributed by atoms with Crippen LogP contribution in [0.25, 0.3) is 0 Å². The molecule has 0 saturated carbocycles. The molecule has 0 aliphatic heterocycles. The van der Waals surface area contributed by atoms with E-state index in [0.29, 0.717) is 11.6 Å². The van der Waals surface area contributed by atoms with Gasteiger partial charge in [-0.3, -0.25) is 0 Å². The van der Waals surface area contributed by atoms with Crippen LogP contribution in [0.3, 0.4) is 0 Å². The molecule has 0 radical (unpaired) electrons. The smallest absolute Gasteiger partial charge is 0.0587 e. The zero-order valence-corrected chi connectivity index (χ0v) is 13.4. The highest BCUT2D eigenvalue weighted by Crippen LogP contribution is 2.21. The minimum atomic E-state index is 0.0308. The molecule has 2 aromatic carbocycles. The lowest BCUT2D eigenvalue weighted by atomic mass is 10.1. The van der Waals surface area contributed by atoms with Crippen LogP contribution < -0.4 is 5.32 Å². The fourth-order valence-corrected chi connectivity index (χ4v) is 2.61. The first-order valence-electron chi connectivity index (χ1n) is 6.51. The highest BCUT2D eigenvalue weighted by Gasteiger charge is 2.09. The van der Waals surface area contributed by atoms with Crippen LogP contribution in [0, 0.1) is 0 Å². The van der Waals surface area contributed by atoms with Crippen LogP contribution in [0.1, 0.15) is 11.1 Å². The monoisotopic (exact) mass is 353 g/mol. The molecular weight excluding hydrogens is 338 g/mol. The average Bonchev–Trinajstić information content (AvgIpc) is 2.47. The van der Waals surface area contributed by atoms with E-state index in [1.54, 1.807) is 0 Å². The van der Waals surface area contributed by atoms with E-state index in [1.807, 2.05) is 36.4 Å². The van der Waals surface area contributed by atoms with Gasteiger partial charge in [-0.25, -0.2) is 0 Å². The summed E-state index contributed by atoms with van der Waals surface area (Å²) >= 11 is 9.51. The predicted molar refractivity (Wildman–Crippen MR) is 87.0 cm³/mol. The second-order valence-electron chi connectivity index (χ2n) is 4.69. The van der Waals surface area contributed by atoms with Gasteiger partial charge in [-0.15, -0.1) is 0 Å². The molecule has 2 aromatic rings. The zero-order chi connectivity index (χ0) is 14.4. The summed E-state index contributed by atoms with van der Waals surface area (Å²) in [7, 11) is 0. The van der Waals surface area contributed by atoms with E-state index in [-0.39, 0.29) is 12.6 Å². The molecule has 0 saturated heterocycles. The van der Waals surface area contributed by atoms with E-state index in [2.05, 4.69) is 33.4 Å². The molecule has 0 aromatic heterocycles. The normalized spacial score (nSPS) is 12.3. The van der Waals surface area contributed by atoms with Gasteiger partial charge in [0.15, 0.2) is 0 Å². The summed E-state index contributed by atoms with van der Waals surface area (Å²) in [6, 6.07) is 15.9. The number of hydrogen-bond acceptors (Lipinski definition) is 2. The second-order valence-corrected chi connectivity index (χ2v) is 5.98. The molecule has 0 aliphatic carbocycles. The molecule has 2 rings (SSSR count). The molecule has 106 valence electrons. The molecule has 1 atom stereocenters. The van der Waals surface area contributed by atoms with E-state index in [0.717, 1.165) is 16.5 Å². The fourth-order valence-electron chi connectivity index (χ4n) is 2.03. The van der Waals surface area contributed by atoms with Gasteiger partial charge in [-0.2, -0.15) is 0 Å². The third kappa shape index (κ3) is 4.60. The van der Waals surface area contributed by atoms with Gasteiger partial charge in [0, 0.05) is 22.1 Å². The Labute approximate surface area is 132 Å². The summed E-state index contributed by atoms with van der Waals surface area (Å²) in [5.41, 5.74) is 2.30. The molecule has 2 nitrogen and oxygen atoms in total. The standard InChI is InChI=1S/C16H17BrClNO/c17-16-7-6-14(18)9-13(16)10-19-15(11-20)8-12-4-2-1-3-5-12/h1-7,9,15,19-20H,8,10-11H2/t15-/m1/s1. The van der Waals surface area contributed by atoms with Gasteiger partial charge in [0.1, 0.15) is 0 Å². The largest absolute Gasteiger partial charge is 0.395 e. The molecule has 0 heterocycles. The summed E-state index contributed by atoms with van der Waals surface area (Å²) in [4.78, 5) is 0. The molecule has 0 unspecified atom stereocenters. The minimum absolute atomic E-state index is 0.0308. The molecule has 0 aliphatic rings. The number of nitrogens with one attached hydrogen (secondary N) is 1. The topological polar surface area (TPSA) is 32.3 Å². The quantitative estimate of drug-likeness (QED) is 0.827. The Kier molecular flexibility index (Phi) is 6.05. The lowest BCUT2D eigenvalue weighted by molar-refractivity contribution is 0.240. The first-order valence-corrected chi connectivity index (χ1v) is 7.68. The van der Waals surface area contributed by atoms with Gasteiger partial charge in [-0.05, 0) is 35.7 Å². The Morgan fingerprint density at radius 1 is 1.15 bits per heavy atom. The van der Waals surface area contributed by atoms with Crippen LogP contribution in [0.15, 0.2) is 53.0 Å². The number of rotatable bonds is 6. The lowest BCUT2D eigenvalue weighted by Crippen LogP contribution is -2.34. The Bertz CT molecular complexity index is 547. The molecule has 0 bridgehead atoms. The van der Waals surface area contributed by atoms with Crippen LogP contribution in [0.4, 0.5) is 0 Å². The van der Waals surface area contributed by atoms with Gasteiger partial charge in [0.25, 0.3) is 0 Å². The van der Waals surface area contributed by atoms with Crippen molar-refractivity contribution in [2.75, 3.05) is 6.61 Å². The van der Waals surface area contributed by atoms with Crippen molar-refractivity contribution >= 4 is 27.5 Å². The maximum atomic E-state index is 9.49. The molecule has 4 heteroatoms. The first-order chi connectivity index (χ1) is 9.69. The van der Waals surface area contributed by atoms with E-state index in [4.69, 9.17) is 11.6 Å². The Morgan fingerprint density at radius 3 is 2.60 bits per heavy atom. The van der Waals surface area contributed by atoms with Crippen molar-refractivity contribution in [1.29, 1.82) is 0 Å². The molecule has 2 N–H and O–H groups in total. The van der Waals surface area contributed by atoms with Crippen molar-refractivity contribution in [1.82, 2.24) is 5.32 Å². The third-order valence-electron chi connectivity index (χ3n) is 3.13. The van der Waals surface area contributed by atoms with Crippen molar-refractivity contribution in [2.45, 2.75) is 19.0 Å². The molecule has 0 amide bonds. The van der Waals surface area contributed by atoms with Crippen molar-refractivity contribution in [3.8, 4) is 0 Å². The van der Waals surface area contributed by atoms with Crippen molar-refractivity contribution in [3.63, 3.8) is 0 Å². The summed E-state index contributed by atoms with van der Waals surface area (Å²) in [5.74, 6) is 0. The van der Waals surface area contributed by atoms with Gasteiger partial charge >= 0.3 is 0 Å². The lowest BCUT2D eigenvalue weighted by Gasteiger charge is -2.17. The van der Waals surface area contributed by atoms with Gasteiger partial charge in [0.2, 0.25) is 0 Å². The van der Waals surface area contributed by atoms with Gasteiger partial charge in [0.05, 0.1) is 6.61 Å². The maximum absolute atomic E-state index is 9.49. The first kappa shape index (κ1) is 15.5. The number of benzene rings is 2. The van der Waals surface area contributed by atoms with Gasteiger partial charge in [-0.1, -0.05) is 57.9 Å². The van der Waals surface area contributed by atoms with E-state index in [1.165, 1.54) is 5.56 Å². The minimum Gasteiger partial charge on any atom is -0.395 e. The Morgan fingerprint density at radius 2 is 1.90 bits per heavy atom. The summed E-state index contributed by atoms with van der Waals surface area (Å²) in [6.07, 6.45) is 0.801. The predicted octanol–water partition coefficient (Wildman–Crippen LogP) is 3.80. The number of hydrogen-bond donors (Lipinski definition) is 2.